The summed E-state index contributed by atoms with van der Waals surface area (Å²) in [5.74, 6) is 0.411. The van der Waals surface area contributed by atoms with E-state index in [4.69, 9.17) is 14.6 Å². The molecule has 0 spiro atoms. The molecule has 0 saturated carbocycles. The monoisotopic (exact) mass is 461 g/mol. The fraction of sp³-hybridized carbons (Fsp3) is 0.103. The van der Waals surface area contributed by atoms with Crippen LogP contribution in [0, 0.1) is 0 Å². The summed E-state index contributed by atoms with van der Waals surface area (Å²) >= 11 is 0. The highest BCUT2D eigenvalue weighted by Gasteiger charge is 2.10. The zero-order chi connectivity index (χ0) is 23.8. The van der Waals surface area contributed by atoms with Crippen LogP contribution >= 0.6 is 0 Å². The predicted molar refractivity (Wildman–Crippen MR) is 141 cm³/mol. The third-order valence-corrected chi connectivity index (χ3v) is 6.13. The number of hydrogen-bond acceptors (Lipinski definition) is 4. The van der Waals surface area contributed by atoms with E-state index in [1.54, 1.807) is 0 Å². The van der Waals surface area contributed by atoms with Crippen molar-refractivity contribution in [2.45, 2.75) is 19.3 Å². The Morgan fingerprint density at radius 2 is 1.31 bits per heavy atom. The highest BCUT2D eigenvalue weighted by atomic mass is 16.3. The van der Waals surface area contributed by atoms with Gasteiger partial charge in [0.1, 0.15) is 22.3 Å². The van der Waals surface area contributed by atoms with Crippen molar-refractivity contribution >= 4 is 67.0 Å². The molecule has 35 heavy (non-hydrogen) atoms. The maximum atomic E-state index is 12.5. The van der Waals surface area contributed by atoms with Gasteiger partial charge in [-0.05, 0) is 42.8 Å². The summed E-state index contributed by atoms with van der Waals surface area (Å²) in [4.78, 5) is 17.0. The van der Waals surface area contributed by atoms with E-state index >= 15 is 0 Å². The molecule has 0 radical (unpaired) electrons. The van der Waals surface area contributed by atoms with Crippen LogP contribution in [-0.2, 0) is 4.79 Å². The molecular weight excluding hydrogens is 438 g/mol. The Morgan fingerprint density at radius 1 is 0.714 bits per heavy atom. The second-order valence-corrected chi connectivity index (χ2v) is 8.59. The van der Waals surface area contributed by atoms with Crippen LogP contribution in [0.4, 0.5) is 11.4 Å². The van der Waals surface area contributed by atoms with Crippen LogP contribution < -0.4 is 11.1 Å². The van der Waals surface area contributed by atoms with Gasteiger partial charge in [0.15, 0.2) is 0 Å². The summed E-state index contributed by atoms with van der Waals surface area (Å²) in [5.41, 5.74) is 10.8. The summed E-state index contributed by atoms with van der Waals surface area (Å²) in [6, 6.07) is 27.4. The largest absolute Gasteiger partial charge is 0.456 e. The molecule has 6 nitrogen and oxygen atoms in total. The molecule has 2 aromatic heterocycles. The summed E-state index contributed by atoms with van der Waals surface area (Å²) in [7, 11) is 0. The minimum absolute atomic E-state index is 0.0723. The number of furan rings is 2. The van der Waals surface area contributed by atoms with Crippen LogP contribution in [0.1, 0.15) is 19.3 Å². The molecule has 0 aliphatic rings. The first-order valence-electron chi connectivity index (χ1n) is 11.6. The fourth-order valence-electron chi connectivity index (χ4n) is 4.46. The molecule has 0 aliphatic carbocycles. The molecule has 0 bridgehead atoms. The van der Waals surface area contributed by atoms with Gasteiger partial charge in [-0.3, -0.25) is 4.79 Å². The minimum Gasteiger partial charge on any atom is -0.456 e. The fourth-order valence-corrected chi connectivity index (χ4v) is 4.46. The van der Waals surface area contributed by atoms with Crippen molar-refractivity contribution in [1.29, 1.82) is 0 Å². The maximum absolute atomic E-state index is 12.5. The highest BCUT2D eigenvalue weighted by Crippen LogP contribution is 2.32. The van der Waals surface area contributed by atoms with Crippen molar-refractivity contribution in [1.82, 2.24) is 0 Å². The topological polar surface area (TPSA) is 93.8 Å². The van der Waals surface area contributed by atoms with Gasteiger partial charge in [-0.1, -0.05) is 36.4 Å². The Bertz CT molecular complexity index is 1740. The van der Waals surface area contributed by atoms with E-state index in [2.05, 4.69) is 10.3 Å². The molecule has 4 aromatic carbocycles. The van der Waals surface area contributed by atoms with Crippen molar-refractivity contribution in [3.8, 4) is 0 Å². The van der Waals surface area contributed by atoms with Gasteiger partial charge >= 0.3 is 0 Å². The molecule has 0 aliphatic heterocycles. The van der Waals surface area contributed by atoms with Crippen molar-refractivity contribution in [3.05, 3.63) is 84.9 Å². The first kappa shape index (κ1) is 21.0. The Hall–Kier alpha value is -4.58. The van der Waals surface area contributed by atoms with Crippen LogP contribution in [0.2, 0.25) is 0 Å². The van der Waals surface area contributed by atoms with Crippen molar-refractivity contribution in [2.24, 2.45) is 10.7 Å². The number of hydrogen-bond donors (Lipinski definition) is 2. The molecule has 2 heterocycles. The Kier molecular flexibility index (Phi) is 5.19. The number of benzene rings is 4. The molecular formula is C29H23N3O3. The number of aliphatic imine (C=N–C) groups is 1. The van der Waals surface area contributed by atoms with Crippen molar-refractivity contribution < 1.29 is 13.6 Å². The number of carbonyl (C=O) groups excluding carboxylic acids is 1. The molecule has 0 unspecified atom stereocenters. The molecule has 6 rings (SSSR count). The molecule has 6 heteroatoms. The number of amides is 1. The zero-order valence-corrected chi connectivity index (χ0v) is 19.0. The zero-order valence-electron chi connectivity index (χ0n) is 19.0. The third-order valence-electron chi connectivity index (χ3n) is 6.13. The lowest BCUT2D eigenvalue weighted by Gasteiger charge is -2.05. The van der Waals surface area contributed by atoms with Gasteiger partial charge in [0.05, 0.1) is 11.5 Å². The lowest BCUT2D eigenvalue weighted by molar-refractivity contribution is -0.116. The SMILES string of the molecule is NC(CCCC(=O)Nc1ccc2c(c1)oc1ccccc12)=Nc1ccc2c(c1)oc1ccccc12. The normalized spacial score (nSPS) is 12.2. The summed E-state index contributed by atoms with van der Waals surface area (Å²) in [5, 5.41) is 7.17. The van der Waals surface area contributed by atoms with Gasteiger partial charge in [0.25, 0.3) is 0 Å². The average Bonchev–Trinajstić information content (AvgIpc) is 3.41. The first-order valence-corrected chi connectivity index (χ1v) is 11.6. The van der Waals surface area contributed by atoms with E-state index in [1.165, 1.54) is 0 Å². The predicted octanol–water partition coefficient (Wildman–Crippen LogP) is 7.28. The lowest BCUT2D eigenvalue weighted by atomic mass is 10.1. The van der Waals surface area contributed by atoms with Crippen LogP contribution in [-0.4, -0.2) is 11.7 Å². The Labute approximate surface area is 201 Å². The maximum Gasteiger partial charge on any atom is 0.224 e. The number of fused-ring (bicyclic) bond motifs is 6. The van der Waals surface area contributed by atoms with E-state index in [-0.39, 0.29) is 5.91 Å². The van der Waals surface area contributed by atoms with Crippen LogP contribution in [0.3, 0.4) is 0 Å². The summed E-state index contributed by atoms with van der Waals surface area (Å²) in [6.45, 7) is 0. The van der Waals surface area contributed by atoms with E-state index in [1.807, 2.05) is 84.9 Å². The van der Waals surface area contributed by atoms with Gasteiger partial charge in [0, 0.05) is 52.2 Å². The first-order chi connectivity index (χ1) is 17.1. The quantitative estimate of drug-likeness (QED) is 0.201. The van der Waals surface area contributed by atoms with Gasteiger partial charge in [0.2, 0.25) is 5.91 Å². The minimum atomic E-state index is -0.0723. The summed E-state index contributed by atoms with van der Waals surface area (Å²) in [6.07, 6.45) is 1.46. The molecule has 3 N–H and O–H groups in total. The van der Waals surface area contributed by atoms with Gasteiger partial charge in [-0.25, -0.2) is 4.99 Å². The van der Waals surface area contributed by atoms with Gasteiger partial charge < -0.3 is 19.9 Å². The van der Waals surface area contributed by atoms with Crippen molar-refractivity contribution in [3.63, 3.8) is 0 Å². The number of carbonyl (C=O) groups is 1. The van der Waals surface area contributed by atoms with Gasteiger partial charge in [-0.15, -0.1) is 0 Å². The van der Waals surface area contributed by atoms with Crippen molar-refractivity contribution in [2.75, 3.05) is 5.32 Å². The molecule has 0 fully saturated rings. The van der Waals surface area contributed by atoms with E-state index in [9.17, 15) is 4.79 Å². The van der Waals surface area contributed by atoms with Gasteiger partial charge in [-0.2, -0.15) is 0 Å². The molecule has 1 amide bonds. The number of nitrogens with one attached hydrogen (secondary N) is 1. The Morgan fingerprint density at radius 3 is 2.03 bits per heavy atom. The number of para-hydroxylation sites is 2. The smallest absolute Gasteiger partial charge is 0.224 e. The third kappa shape index (κ3) is 4.10. The number of nitrogens with zero attached hydrogens (tertiary/aromatic N) is 1. The second kappa shape index (κ2) is 8.65. The molecule has 0 atom stereocenters. The van der Waals surface area contributed by atoms with Crippen LogP contribution in [0.25, 0.3) is 43.9 Å². The molecule has 0 saturated heterocycles. The number of anilines is 1. The number of rotatable bonds is 6. The molecule has 172 valence electrons. The molecule has 6 aromatic rings. The second-order valence-electron chi connectivity index (χ2n) is 8.59. The van der Waals surface area contributed by atoms with Crippen LogP contribution in [0.5, 0.6) is 0 Å². The number of nitrogens with two attached hydrogens (primary N) is 1. The average molecular weight is 462 g/mol. The van der Waals surface area contributed by atoms with E-state index < -0.39 is 0 Å². The van der Waals surface area contributed by atoms with E-state index in [0.29, 0.717) is 30.8 Å². The number of amidine groups is 1. The Balaban J connectivity index is 1.08. The van der Waals surface area contributed by atoms with E-state index in [0.717, 1.165) is 49.6 Å². The lowest BCUT2D eigenvalue weighted by Crippen LogP contribution is -2.14. The summed E-state index contributed by atoms with van der Waals surface area (Å²) < 4.78 is 11.8. The standard InChI is InChI=1S/C29H23N3O3/c30-28(31-18-12-14-22-20-6-1-3-8-24(20)34-26(22)16-18)10-5-11-29(33)32-19-13-15-23-21-7-2-4-9-25(21)35-27(23)17-19/h1-4,6-9,12-17H,5,10-11H2,(H2,30,31)(H,32,33). The highest BCUT2D eigenvalue weighted by molar-refractivity contribution is 6.07. The van der Waals surface area contributed by atoms with Crippen LogP contribution in [0.15, 0.2) is 98.8 Å².